The van der Waals surface area contributed by atoms with Crippen molar-refractivity contribution < 1.29 is 9.21 Å². The minimum absolute atomic E-state index is 0. The predicted octanol–water partition coefficient (Wildman–Crippen LogP) is 4.62. The molecule has 0 aliphatic rings. The number of guanidine groups is 1. The molecule has 158 valence electrons. The van der Waals surface area contributed by atoms with E-state index in [9.17, 15) is 4.79 Å². The van der Waals surface area contributed by atoms with Gasteiger partial charge in [0.1, 0.15) is 0 Å². The highest BCUT2D eigenvalue weighted by Crippen LogP contribution is 2.13. The first kappa shape index (κ1) is 23.5. The SMILES string of the molecule is CN=C(NCc1ccc(NC(=O)c2ccco2)cc1)NCC(C)c1ccccc1.I. The van der Waals surface area contributed by atoms with Crippen LogP contribution in [0.1, 0.15) is 34.5 Å². The summed E-state index contributed by atoms with van der Waals surface area (Å²) in [6, 6.07) is 21.4. The Morgan fingerprint density at radius 1 is 1.00 bits per heavy atom. The zero-order valence-electron chi connectivity index (χ0n) is 17.1. The number of amides is 1. The number of nitrogens with zero attached hydrogens (tertiary/aromatic N) is 1. The van der Waals surface area contributed by atoms with Crippen LogP contribution in [0.2, 0.25) is 0 Å². The molecule has 0 aliphatic heterocycles. The number of carbonyl (C=O) groups excluding carboxylic acids is 1. The molecule has 0 spiro atoms. The number of rotatable bonds is 7. The molecule has 0 saturated carbocycles. The molecule has 0 bridgehead atoms. The van der Waals surface area contributed by atoms with Crippen molar-refractivity contribution in [3.05, 3.63) is 89.9 Å². The van der Waals surface area contributed by atoms with E-state index < -0.39 is 0 Å². The van der Waals surface area contributed by atoms with Gasteiger partial charge in [0.05, 0.1) is 6.26 Å². The molecular formula is C23H27IN4O2. The van der Waals surface area contributed by atoms with Gasteiger partial charge in [-0.15, -0.1) is 24.0 Å². The molecular weight excluding hydrogens is 491 g/mol. The van der Waals surface area contributed by atoms with Crippen LogP contribution in [0.25, 0.3) is 0 Å². The number of carbonyl (C=O) groups is 1. The van der Waals surface area contributed by atoms with Crippen molar-refractivity contribution >= 4 is 41.5 Å². The Hall–Kier alpha value is -2.81. The Morgan fingerprint density at radius 3 is 2.37 bits per heavy atom. The van der Waals surface area contributed by atoms with Crippen molar-refractivity contribution in [2.45, 2.75) is 19.4 Å². The van der Waals surface area contributed by atoms with Gasteiger partial charge in [0.2, 0.25) is 0 Å². The van der Waals surface area contributed by atoms with Crippen LogP contribution >= 0.6 is 24.0 Å². The van der Waals surface area contributed by atoms with Gasteiger partial charge in [-0.2, -0.15) is 0 Å². The lowest BCUT2D eigenvalue weighted by molar-refractivity contribution is 0.0996. The fraction of sp³-hybridized carbons (Fsp3) is 0.217. The molecule has 1 aromatic heterocycles. The summed E-state index contributed by atoms with van der Waals surface area (Å²) in [6.45, 7) is 3.61. The lowest BCUT2D eigenvalue weighted by Gasteiger charge is -2.16. The van der Waals surface area contributed by atoms with Crippen LogP contribution in [0.5, 0.6) is 0 Å². The molecule has 30 heavy (non-hydrogen) atoms. The van der Waals surface area contributed by atoms with E-state index in [4.69, 9.17) is 4.42 Å². The van der Waals surface area contributed by atoms with E-state index in [1.807, 2.05) is 30.3 Å². The summed E-state index contributed by atoms with van der Waals surface area (Å²) in [5, 5.41) is 9.48. The van der Waals surface area contributed by atoms with Crippen LogP contribution in [-0.2, 0) is 6.54 Å². The van der Waals surface area contributed by atoms with Crippen molar-refractivity contribution in [2.24, 2.45) is 4.99 Å². The van der Waals surface area contributed by atoms with Gasteiger partial charge in [0, 0.05) is 25.8 Å². The zero-order valence-corrected chi connectivity index (χ0v) is 19.4. The zero-order chi connectivity index (χ0) is 20.5. The number of halogens is 1. The Kier molecular flexibility index (Phi) is 9.40. The van der Waals surface area contributed by atoms with E-state index >= 15 is 0 Å². The molecule has 0 radical (unpaired) electrons. The second-order valence-corrected chi connectivity index (χ2v) is 6.75. The molecule has 3 aromatic rings. The van der Waals surface area contributed by atoms with Crippen molar-refractivity contribution in [1.82, 2.24) is 10.6 Å². The van der Waals surface area contributed by atoms with Gasteiger partial charge in [-0.1, -0.05) is 49.4 Å². The minimum atomic E-state index is -0.266. The maximum atomic E-state index is 12.0. The molecule has 0 fully saturated rings. The number of furan rings is 1. The number of hydrogen-bond acceptors (Lipinski definition) is 3. The summed E-state index contributed by atoms with van der Waals surface area (Å²) < 4.78 is 5.09. The average molecular weight is 518 g/mol. The normalized spacial score (nSPS) is 11.9. The number of hydrogen-bond donors (Lipinski definition) is 3. The summed E-state index contributed by atoms with van der Waals surface area (Å²) in [5.41, 5.74) is 3.09. The van der Waals surface area contributed by atoms with Gasteiger partial charge in [-0.25, -0.2) is 0 Å². The van der Waals surface area contributed by atoms with Gasteiger partial charge >= 0.3 is 0 Å². The largest absolute Gasteiger partial charge is 0.459 e. The fourth-order valence-electron chi connectivity index (χ4n) is 2.86. The van der Waals surface area contributed by atoms with Gasteiger partial charge in [0.15, 0.2) is 11.7 Å². The van der Waals surface area contributed by atoms with Gasteiger partial charge in [-0.05, 0) is 41.3 Å². The Labute approximate surface area is 194 Å². The molecule has 2 aromatic carbocycles. The van der Waals surface area contributed by atoms with Crippen molar-refractivity contribution in [3.8, 4) is 0 Å². The van der Waals surface area contributed by atoms with E-state index in [-0.39, 0.29) is 35.6 Å². The van der Waals surface area contributed by atoms with Crippen LogP contribution < -0.4 is 16.0 Å². The highest BCUT2D eigenvalue weighted by molar-refractivity contribution is 14.0. The van der Waals surface area contributed by atoms with Crippen molar-refractivity contribution in [2.75, 3.05) is 18.9 Å². The molecule has 1 unspecified atom stereocenters. The van der Waals surface area contributed by atoms with E-state index in [2.05, 4.69) is 52.1 Å². The molecule has 7 heteroatoms. The second kappa shape index (κ2) is 12.0. The summed E-state index contributed by atoms with van der Waals surface area (Å²) in [5.74, 6) is 1.16. The first-order valence-corrected chi connectivity index (χ1v) is 9.59. The van der Waals surface area contributed by atoms with E-state index in [1.165, 1.54) is 11.8 Å². The second-order valence-electron chi connectivity index (χ2n) is 6.75. The molecule has 0 aliphatic carbocycles. The number of benzene rings is 2. The lowest BCUT2D eigenvalue weighted by atomic mass is 10.0. The Bertz CT molecular complexity index is 926. The molecule has 1 atom stereocenters. The Balaban J connectivity index is 0.00000320. The molecule has 0 saturated heterocycles. The van der Waals surface area contributed by atoms with Gasteiger partial charge < -0.3 is 20.4 Å². The summed E-state index contributed by atoms with van der Waals surface area (Å²) in [4.78, 5) is 16.3. The van der Waals surface area contributed by atoms with Gasteiger partial charge in [0.25, 0.3) is 5.91 Å². The number of aliphatic imine (C=N–C) groups is 1. The van der Waals surface area contributed by atoms with E-state index in [0.29, 0.717) is 18.2 Å². The predicted molar refractivity (Wildman–Crippen MR) is 132 cm³/mol. The maximum Gasteiger partial charge on any atom is 0.291 e. The maximum absolute atomic E-state index is 12.0. The average Bonchev–Trinajstić information content (AvgIpc) is 3.30. The first-order valence-electron chi connectivity index (χ1n) is 9.59. The molecule has 3 rings (SSSR count). The highest BCUT2D eigenvalue weighted by Gasteiger charge is 2.09. The minimum Gasteiger partial charge on any atom is -0.459 e. The fourth-order valence-corrected chi connectivity index (χ4v) is 2.86. The molecule has 1 amide bonds. The van der Waals surface area contributed by atoms with Crippen LogP contribution in [0.15, 0.2) is 82.4 Å². The quantitative estimate of drug-likeness (QED) is 0.243. The van der Waals surface area contributed by atoms with E-state index in [1.54, 1.807) is 19.2 Å². The highest BCUT2D eigenvalue weighted by atomic mass is 127. The monoisotopic (exact) mass is 518 g/mol. The third-order valence-electron chi connectivity index (χ3n) is 4.58. The van der Waals surface area contributed by atoms with Gasteiger partial charge in [-0.3, -0.25) is 9.79 Å². The van der Waals surface area contributed by atoms with Crippen molar-refractivity contribution in [3.63, 3.8) is 0 Å². The summed E-state index contributed by atoms with van der Waals surface area (Å²) in [6.07, 6.45) is 1.48. The summed E-state index contributed by atoms with van der Waals surface area (Å²) in [7, 11) is 1.76. The standard InChI is InChI=1S/C23H26N4O2.HI/c1-17(19-7-4-3-5-8-19)15-25-23(24-2)26-16-18-10-12-20(13-11-18)27-22(28)21-9-6-14-29-21;/h3-14,17H,15-16H2,1-2H3,(H,27,28)(H2,24,25,26);1H. The molecule has 3 N–H and O–H groups in total. The third-order valence-corrected chi connectivity index (χ3v) is 4.58. The van der Waals surface area contributed by atoms with Crippen LogP contribution in [0.3, 0.4) is 0 Å². The number of nitrogens with one attached hydrogen (secondary N) is 3. The first-order chi connectivity index (χ1) is 14.2. The molecule has 1 heterocycles. The lowest BCUT2D eigenvalue weighted by Crippen LogP contribution is -2.38. The van der Waals surface area contributed by atoms with Crippen LogP contribution in [0, 0.1) is 0 Å². The smallest absolute Gasteiger partial charge is 0.291 e. The van der Waals surface area contributed by atoms with Crippen LogP contribution in [0.4, 0.5) is 5.69 Å². The molecule has 6 nitrogen and oxygen atoms in total. The Morgan fingerprint density at radius 2 is 1.73 bits per heavy atom. The summed E-state index contributed by atoms with van der Waals surface area (Å²) >= 11 is 0. The van der Waals surface area contributed by atoms with E-state index in [0.717, 1.165) is 18.1 Å². The van der Waals surface area contributed by atoms with Crippen molar-refractivity contribution in [1.29, 1.82) is 0 Å². The van der Waals surface area contributed by atoms with Crippen LogP contribution in [-0.4, -0.2) is 25.5 Å². The third kappa shape index (κ3) is 6.91. The number of anilines is 1. The topological polar surface area (TPSA) is 78.7 Å².